The summed E-state index contributed by atoms with van der Waals surface area (Å²) in [6.45, 7) is -1.64. The van der Waals surface area contributed by atoms with Crippen LogP contribution < -0.4 is 25.4 Å². The summed E-state index contributed by atoms with van der Waals surface area (Å²) in [5.74, 6) is -1.98. The van der Waals surface area contributed by atoms with E-state index in [1.165, 1.54) is 13.2 Å². The number of primary amides is 1. The highest BCUT2D eigenvalue weighted by Crippen LogP contribution is 2.36. The van der Waals surface area contributed by atoms with Gasteiger partial charge in [0, 0.05) is 24.7 Å². The summed E-state index contributed by atoms with van der Waals surface area (Å²) in [7, 11) is 1.19. The maximum absolute atomic E-state index is 12.6. The lowest BCUT2D eigenvalue weighted by molar-refractivity contribution is -0.385. The molecule has 34 heavy (non-hydrogen) atoms. The van der Waals surface area contributed by atoms with E-state index in [4.69, 9.17) is 10.5 Å². The number of anilines is 2. The number of hydrogen-bond acceptors (Lipinski definition) is 7. The van der Waals surface area contributed by atoms with Gasteiger partial charge in [-0.05, 0) is 43.2 Å². The molecular formula is C22H22F2N4O6. The van der Waals surface area contributed by atoms with Gasteiger partial charge in [0.25, 0.3) is 5.69 Å². The number of nitrogens with one attached hydrogen (secondary N) is 1. The Labute approximate surface area is 193 Å². The number of nitro benzene ring substituents is 1. The predicted molar refractivity (Wildman–Crippen MR) is 120 cm³/mol. The number of carbonyl (C=O) groups excluding carboxylic acids is 2. The lowest BCUT2D eigenvalue weighted by Gasteiger charge is -2.21. The van der Waals surface area contributed by atoms with Crippen LogP contribution in [0.5, 0.6) is 11.5 Å². The lowest BCUT2D eigenvalue weighted by atomic mass is 10.1. The van der Waals surface area contributed by atoms with E-state index in [1.807, 2.05) is 0 Å². The van der Waals surface area contributed by atoms with E-state index in [0.29, 0.717) is 11.4 Å². The molecule has 0 bridgehead atoms. The number of halogens is 2. The summed E-state index contributed by atoms with van der Waals surface area (Å²) in [4.78, 5) is 36.9. The summed E-state index contributed by atoms with van der Waals surface area (Å²) in [6, 6.07) is 6.64. The van der Waals surface area contributed by atoms with Crippen LogP contribution in [0.25, 0.3) is 6.08 Å². The predicted octanol–water partition coefficient (Wildman–Crippen LogP) is 3.56. The minimum absolute atomic E-state index is 0.0655. The minimum Gasteiger partial charge on any atom is -0.493 e. The number of alkyl halides is 2. The third kappa shape index (κ3) is 5.77. The zero-order chi connectivity index (χ0) is 24.8. The molecule has 0 aliphatic carbocycles. The second kappa shape index (κ2) is 10.6. The quantitative estimate of drug-likeness (QED) is 0.321. The van der Waals surface area contributed by atoms with E-state index < -0.39 is 34.8 Å². The first-order valence-corrected chi connectivity index (χ1v) is 10.2. The van der Waals surface area contributed by atoms with Gasteiger partial charge in [0.05, 0.1) is 35.0 Å². The number of ether oxygens (including phenoxy) is 2. The molecule has 12 heteroatoms. The lowest BCUT2D eigenvalue weighted by Crippen LogP contribution is -2.21. The van der Waals surface area contributed by atoms with Crippen molar-refractivity contribution in [1.82, 2.24) is 0 Å². The summed E-state index contributed by atoms with van der Waals surface area (Å²) >= 11 is 0. The molecule has 1 aliphatic rings. The van der Waals surface area contributed by atoms with Crippen molar-refractivity contribution < 1.29 is 32.8 Å². The van der Waals surface area contributed by atoms with Gasteiger partial charge in [0.1, 0.15) is 0 Å². The van der Waals surface area contributed by atoms with Gasteiger partial charge >= 0.3 is 6.61 Å². The van der Waals surface area contributed by atoms with Crippen LogP contribution in [0.1, 0.15) is 28.8 Å². The number of nitrogens with two attached hydrogens (primary N) is 1. The molecule has 1 heterocycles. The molecule has 0 saturated carbocycles. The van der Waals surface area contributed by atoms with E-state index >= 15 is 0 Å². The fourth-order valence-corrected chi connectivity index (χ4v) is 3.57. The molecule has 3 rings (SSSR count). The van der Waals surface area contributed by atoms with Crippen molar-refractivity contribution >= 4 is 35.0 Å². The molecule has 2 aromatic rings. The molecule has 10 nitrogen and oxygen atoms in total. The van der Waals surface area contributed by atoms with Crippen LogP contribution in [0.3, 0.4) is 0 Å². The molecule has 1 saturated heterocycles. The fraction of sp³-hybridized carbons (Fsp3) is 0.273. The molecule has 0 aromatic heterocycles. The molecule has 1 aliphatic heterocycles. The third-order valence-electron chi connectivity index (χ3n) is 5.13. The van der Waals surface area contributed by atoms with E-state index in [9.17, 15) is 28.5 Å². The Kier molecular flexibility index (Phi) is 7.61. The van der Waals surface area contributed by atoms with Crippen LogP contribution in [-0.2, 0) is 4.79 Å². The number of nitrogens with zero attached hydrogens (tertiary/aromatic N) is 2. The van der Waals surface area contributed by atoms with Gasteiger partial charge in [-0.1, -0.05) is 0 Å². The van der Waals surface area contributed by atoms with Gasteiger partial charge in [-0.2, -0.15) is 8.78 Å². The highest BCUT2D eigenvalue weighted by molar-refractivity contribution is 6.05. The zero-order valence-electron chi connectivity index (χ0n) is 18.1. The molecule has 2 aromatic carbocycles. The molecule has 180 valence electrons. The summed E-state index contributed by atoms with van der Waals surface area (Å²) < 4.78 is 34.5. The number of hydrogen-bond donors (Lipinski definition) is 2. The topological polar surface area (TPSA) is 137 Å². The molecular weight excluding hydrogens is 454 g/mol. The Morgan fingerprint density at radius 1 is 1.21 bits per heavy atom. The van der Waals surface area contributed by atoms with Crippen LogP contribution in [0.15, 0.2) is 36.4 Å². The second-order valence-corrected chi connectivity index (χ2v) is 7.31. The van der Waals surface area contributed by atoms with E-state index in [2.05, 4.69) is 15.0 Å². The van der Waals surface area contributed by atoms with Crippen molar-refractivity contribution in [2.75, 3.05) is 30.4 Å². The average molecular weight is 476 g/mol. The highest BCUT2D eigenvalue weighted by Gasteiger charge is 2.21. The number of nitro groups is 1. The smallest absolute Gasteiger partial charge is 0.387 e. The van der Waals surface area contributed by atoms with Crippen molar-refractivity contribution in [2.45, 2.75) is 19.5 Å². The summed E-state index contributed by atoms with van der Waals surface area (Å²) in [5, 5.41) is 14.1. The summed E-state index contributed by atoms with van der Waals surface area (Å²) in [6.07, 6.45) is 4.17. The SMILES string of the molecule is COc1cc(/C=C/C(=O)Nc2cc(C(N)=O)ccc2N2CCCC2)c([N+](=O)[O-])cc1OC(F)F. The van der Waals surface area contributed by atoms with Crippen molar-refractivity contribution in [2.24, 2.45) is 5.73 Å². The van der Waals surface area contributed by atoms with Gasteiger partial charge in [0.15, 0.2) is 11.5 Å². The maximum Gasteiger partial charge on any atom is 0.387 e. The van der Waals surface area contributed by atoms with E-state index in [1.54, 1.807) is 12.1 Å². The Morgan fingerprint density at radius 2 is 1.91 bits per heavy atom. The molecule has 0 radical (unpaired) electrons. The van der Waals surface area contributed by atoms with E-state index in [0.717, 1.165) is 50.2 Å². The molecule has 0 spiro atoms. The number of carbonyl (C=O) groups is 2. The Hall–Kier alpha value is -4.22. The molecule has 1 fully saturated rings. The van der Waals surface area contributed by atoms with Crippen molar-refractivity contribution in [3.8, 4) is 11.5 Å². The van der Waals surface area contributed by atoms with Gasteiger partial charge < -0.3 is 25.4 Å². The van der Waals surface area contributed by atoms with Gasteiger partial charge in [-0.25, -0.2) is 0 Å². The largest absolute Gasteiger partial charge is 0.493 e. The van der Waals surface area contributed by atoms with Crippen molar-refractivity contribution in [1.29, 1.82) is 0 Å². The Bertz CT molecular complexity index is 1130. The van der Waals surface area contributed by atoms with Crippen molar-refractivity contribution in [3.05, 3.63) is 57.6 Å². The minimum atomic E-state index is -3.21. The monoisotopic (exact) mass is 476 g/mol. The van der Waals surface area contributed by atoms with E-state index in [-0.39, 0.29) is 16.9 Å². The van der Waals surface area contributed by atoms with Crippen LogP contribution in [-0.4, -0.2) is 43.5 Å². The summed E-state index contributed by atoms with van der Waals surface area (Å²) in [5.41, 5.74) is 6.01. The van der Waals surface area contributed by atoms with Crippen LogP contribution in [0, 0.1) is 10.1 Å². The van der Waals surface area contributed by atoms with Gasteiger partial charge in [-0.3, -0.25) is 19.7 Å². The normalized spacial score (nSPS) is 13.4. The number of amides is 2. The molecule has 0 unspecified atom stereocenters. The first-order valence-electron chi connectivity index (χ1n) is 10.2. The maximum atomic E-state index is 12.6. The molecule has 0 atom stereocenters. The van der Waals surface area contributed by atoms with Gasteiger partial charge in [-0.15, -0.1) is 0 Å². The van der Waals surface area contributed by atoms with Crippen LogP contribution >= 0.6 is 0 Å². The van der Waals surface area contributed by atoms with Crippen LogP contribution in [0.4, 0.5) is 25.8 Å². The van der Waals surface area contributed by atoms with Crippen LogP contribution in [0.2, 0.25) is 0 Å². The standard InChI is InChI=1S/C22H22F2N4O6/c1-33-18-11-13(17(28(31)32)12-19(18)34-22(23)24)5-7-20(29)26-15-10-14(21(25)30)4-6-16(15)27-8-2-3-9-27/h4-7,10-12,22H,2-3,8-9H2,1H3,(H2,25,30)(H,26,29)/b7-5+. The first-order chi connectivity index (χ1) is 16.2. The van der Waals surface area contributed by atoms with Crippen molar-refractivity contribution in [3.63, 3.8) is 0 Å². The Balaban J connectivity index is 1.89. The number of methoxy groups -OCH3 is 1. The average Bonchev–Trinajstić information content (AvgIpc) is 3.32. The first kappa shape index (κ1) is 24.4. The molecule has 2 amide bonds. The van der Waals surface area contributed by atoms with Gasteiger partial charge in [0.2, 0.25) is 11.8 Å². The molecule has 3 N–H and O–H groups in total. The fourth-order valence-electron chi connectivity index (χ4n) is 3.57. The number of benzene rings is 2. The Morgan fingerprint density at radius 3 is 2.50 bits per heavy atom. The third-order valence-corrected chi connectivity index (χ3v) is 5.13. The highest BCUT2D eigenvalue weighted by atomic mass is 19.3. The number of rotatable bonds is 9. The zero-order valence-corrected chi connectivity index (χ0v) is 18.1. The second-order valence-electron chi connectivity index (χ2n) is 7.31.